The van der Waals surface area contributed by atoms with Crippen molar-refractivity contribution in [2.45, 2.75) is 38.9 Å². The van der Waals surface area contributed by atoms with E-state index in [0.29, 0.717) is 6.04 Å². The molecule has 1 aromatic carbocycles. The molecule has 0 saturated carbocycles. The highest BCUT2D eigenvalue weighted by Gasteiger charge is 2.29. The van der Waals surface area contributed by atoms with E-state index in [-0.39, 0.29) is 5.54 Å². The molecule has 1 fully saturated rings. The maximum atomic E-state index is 4.38. The normalized spacial score (nSPS) is 23.1. The molecule has 1 aromatic heterocycles. The van der Waals surface area contributed by atoms with Gasteiger partial charge in [-0.25, -0.2) is 0 Å². The van der Waals surface area contributed by atoms with Crippen LogP contribution in [-0.4, -0.2) is 34.6 Å². The Morgan fingerprint density at radius 1 is 1.35 bits per heavy atom. The molecule has 0 spiro atoms. The van der Waals surface area contributed by atoms with Gasteiger partial charge in [0.1, 0.15) is 0 Å². The number of aromatic nitrogens is 1. The van der Waals surface area contributed by atoms with Gasteiger partial charge in [-0.2, -0.15) is 0 Å². The quantitative estimate of drug-likeness (QED) is 0.908. The second-order valence-corrected chi connectivity index (χ2v) is 6.55. The summed E-state index contributed by atoms with van der Waals surface area (Å²) < 4.78 is 0. The molecule has 106 valence electrons. The van der Waals surface area contributed by atoms with Gasteiger partial charge in [0.15, 0.2) is 0 Å². The Morgan fingerprint density at radius 2 is 2.20 bits per heavy atom. The molecule has 0 amide bonds. The summed E-state index contributed by atoms with van der Waals surface area (Å²) >= 11 is 0. The van der Waals surface area contributed by atoms with Crippen molar-refractivity contribution in [3.63, 3.8) is 0 Å². The lowest BCUT2D eigenvalue weighted by molar-refractivity contribution is 0.0978. The van der Waals surface area contributed by atoms with Crippen molar-refractivity contribution in [1.29, 1.82) is 0 Å². The minimum Gasteiger partial charge on any atom is -0.309 e. The molecule has 0 aliphatic carbocycles. The third-order valence-corrected chi connectivity index (χ3v) is 4.15. The third kappa shape index (κ3) is 2.84. The average molecular weight is 269 g/mol. The number of nitrogens with zero attached hydrogens (tertiary/aromatic N) is 2. The van der Waals surface area contributed by atoms with Crippen LogP contribution in [0.5, 0.6) is 0 Å². The van der Waals surface area contributed by atoms with Crippen molar-refractivity contribution in [2.24, 2.45) is 0 Å². The first-order valence-corrected chi connectivity index (χ1v) is 7.36. The third-order valence-electron chi connectivity index (χ3n) is 4.15. The van der Waals surface area contributed by atoms with E-state index in [1.54, 1.807) is 0 Å². The minimum absolute atomic E-state index is 0.199. The number of hydrogen-bond acceptors (Lipinski definition) is 3. The molecule has 3 heteroatoms. The van der Waals surface area contributed by atoms with Crippen LogP contribution in [0.1, 0.15) is 26.3 Å². The maximum absolute atomic E-state index is 4.38. The summed E-state index contributed by atoms with van der Waals surface area (Å²) in [6.07, 6.45) is 1.85. The summed E-state index contributed by atoms with van der Waals surface area (Å²) in [4.78, 5) is 6.95. The Bertz CT molecular complexity index is 606. The average Bonchev–Trinajstić information content (AvgIpc) is 2.43. The van der Waals surface area contributed by atoms with E-state index in [2.05, 4.69) is 60.2 Å². The van der Waals surface area contributed by atoms with Gasteiger partial charge in [0.25, 0.3) is 0 Å². The molecule has 0 radical (unpaired) electrons. The molecule has 20 heavy (non-hydrogen) atoms. The highest BCUT2D eigenvalue weighted by Crippen LogP contribution is 2.20. The molecule has 3 rings (SSSR count). The highest BCUT2D eigenvalue weighted by molar-refractivity contribution is 5.78. The van der Waals surface area contributed by atoms with Gasteiger partial charge in [0, 0.05) is 42.8 Å². The number of nitrogens with one attached hydrogen (secondary N) is 1. The van der Waals surface area contributed by atoms with Gasteiger partial charge in [-0.1, -0.05) is 12.1 Å². The van der Waals surface area contributed by atoms with Crippen molar-refractivity contribution in [3.05, 3.63) is 42.1 Å². The molecular weight excluding hydrogens is 246 g/mol. The van der Waals surface area contributed by atoms with Gasteiger partial charge in [-0.05, 0) is 44.5 Å². The van der Waals surface area contributed by atoms with E-state index in [9.17, 15) is 0 Å². The Balaban J connectivity index is 1.81. The largest absolute Gasteiger partial charge is 0.309 e. The molecule has 1 aliphatic rings. The van der Waals surface area contributed by atoms with Crippen molar-refractivity contribution >= 4 is 10.9 Å². The minimum atomic E-state index is 0.199. The molecule has 1 unspecified atom stereocenters. The molecule has 2 heterocycles. The monoisotopic (exact) mass is 269 g/mol. The van der Waals surface area contributed by atoms with E-state index in [0.717, 1.165) is 25.2 Å². The van der Waals surface area contributed by atoms with Crippen LogP contribution >= 0.6 is 0 Å². The lowest BCUT2D eigenvalue weighted by Gasteiger charge is -2.43. The number of piperazine rings is 1. The van der Waals surface area contributed by atoms with Crippen molar-refractivity contribution in [3.8, 4) is 0 Å². The topological polar surface area (TPSA) is 28.2 Å². The molecular formula is C17H23N3. The maximum Gasteiger partial charge on any atom is 0.0702 e. The zero-order valence-electron chi connectivity index (χ0n) is 12.6. The van der Waals surface area contributed by atoms with E-state index < -0.39 is 0 Å². The number of fused-ring (bicyclic) bond motifs is 1. The molecule has 2 aromatic rings. The van der Waals surface area contributed by atoms with Crippen LogP contribution in [0.15, 0.2) is 36.5 Å². The molecule has 3 nitrogen and oxygen atoms in total. The number of pyridine rings is 1. The first-order chi connectivity index (χ1) is 9.53. The van der Waals surface area contributed by atoms with Gasteiger partial charge >= 0.3 is 0 Å². The van der Waals surface area contributed by atoms with Crippen LogP contribution in [0.2, 0.25) is 0 Å². The van der Waals surface area contributed by atoms with Crippen LogP contribution in [0.4, 0.5) is 0 Å². The Kier molecular flexibility index (Phi) is 3.48. The van der Waals surface area contributed by atoms with E-state index in [1.807, 2.05) is 12.3 Å². The molecule has 1 atom stereocenters. The summed E-state index contributed by atoms with van der Waals surface area (Å²) in [7, 11) is 0. The van der Waals surface area contributed by atoms with Gasteiger partial charge < -0.3 is 5.32 Å². The van der Waals surface area contributed by atoms with Crippen molar-refractivity contribution < 1.29 is 0 Å². The second kappa shape index (κ2) is 5.15. The molecule has 1 aliphatic heterocycles. The standard InChI is InChI=1S/C17H23N3/c1-13-10-19-17(2,3)12-20(13)11-14-6-7-16-15(9-14)5-4-8-18-16/h4-9,13,19H,10-12H2,1-3H3. The summed E-state index contributed by atoms with van der Waals surface area (Å²) in [6.45, 7) is 10.00. The summed E-state index contributed by atoms with van der Waals surface area (Å²) in [5, 5.41) is 4.83. The van der Waals surface area contributed by atoms with Gasteiger partial charge in [0.05, 0.1) is 5.52 Å². The number of rotatable bonds is 2. The van der Waals surface area contributed by atoms with Crippen LogP contribution < -0.4 is 5.32 Å². The fraction of sp³-hybridized carbons (Fsp3) is 0.471. The van der Waals surface area contributed by atoms with E-state index >= 15 is 0 Å². The fourth-order valence-electron chi connectivity index (χ4n) is 2.94. The Morgan fingerprint density at radius 3 is 3.05 bits per heavy atom. The predicted molar refractivity (Wildman–Crippen MR) is 83.7 cm³/mol. The van der Waals surface area contributed by atoms with E-state index in [1.165, 1.54) is 10.9 Å². The van der Waals surface area contributed by atoms with Gasteiger partial charge in [-0.15, -0.1) is 0 Å². The number of hydrogen-bond donors (Lipinski definition) is 1. The summed E-state index contributed by atoms with van der Waals surface area (Å²) in [5.74, 6) is 0. The van der Waals surface area contributed by atoms with Crippen LogP contribution in [-0.2, 0) is 6.54 Å². The van der Waals surface area contributed by atoms with Gasteiger partial charge in [-0.3, -0.25) is 9.88 Å². The number of benzene rings is 1. The lowest BCUT2D eigenvalue weighted by Crippen LogP contribution is -2.60. The van der Waals surface area contributed by atoms with Crippen LogP contribution in [0, 0.1) is 0 Å². The Labute approximate surface area is 121 Å². The fourth-order valence-corrected chi connectivity index (χ4v) is 2.94. The first kappa shape index (κ1) is 13.5. The molecule has 1 saturated heterocycles. The zero-order chi connectivity index (χ0) is 14.2. The predicted octanol–water partition coefficient (Wildman–Crippen LogP) is 2.81. The van der Waals surface area contributed by atoms with Crippen LogP contribution in [0.25, 0.3) is 10.9 Å². The molecule has 0 bridgehead atoms. The zero-order valence-corrected chi connectivity index (χ0v) is 12.6. The van der Waals surface area contributed by atoms with Crippen LogP contribution in [0.3, 0.4) is 0 Å². The highest BCUT2D eigenvalue weighted by atomic mass is 15.2. The van der Waals surface area contributed by atoms with E-state index in [4.69, 9.17) is 0 Å². The SMILES string of the molecule is CC1CNC(C)(C)CN1Cc1ccc2ncccc2c1. The van der Waals surface area contributed by atoms with Crippen molar-refractivity contribution in [1.82, 2.24) is 15.2 Å². The summed E-state index contributed by atoms with van der Waals surface area (Å²) in [5.41, 5.74) is 2.64. The second-order valence-electron chi connectivity index (χ2n) is 6.55. The van der Waals surface area contributed by atoms with Gasteiger partial charge in [0.2, 0.25) is 0 Å². The Hall–Kier alpha value is -1.45. The first-order valence-electron chi connectivity index (χ1n) is 7.36. The smallest absolute Gasteiger partial charge is 0.0702 e. The summed E-state index contributed by atoms with van der Waals surface area (Å²) in [6, 6.07) is 11.3. The lowest BCUT2D eigenvalue weighted by atomic mass is 9.98. The molecule has 1 N–H and O–H groups in total. The van der Waals surface area contributed by atoms with Crippen molar-refractivity contribution in [2.75, 3.05) is 13.1 Å².